The summed E-state index contributed by atoms with van der Waals surface area (Å²) in [5.41, 5.74) is 2.46. The molecule has 0 N–H and O–H groups in total. The van der Waals surface area contributed by atoms with E-state index in [0.717, 1.165) is 0 Å². The van der Waals surface area contributed by atoms with E-state index >= 15 is 0 Å². The Morgan fingerprint density at radius 3 is 2.68 bits per heavy atom. The number of amides is 1. The van der Waals surface area contributed by atoms with Crippen LogP contribution in [-0.2, 0) is 4.79 Å². The normalized spacial score (nSPS) is 15.2. The number of hydrogen-bond donors (Lipinski definition) is 0. The van der Waals surface area contributed by atoms with Crippen molar-refractivity contribution in [3.05, 3.63) is 78.5 Å². The molecule has 0 saturated carbocycles. The lowest BCUT2D eigenvalue weighted by Crippen LogP contribution is -2.50. The van der Waals surface area contributed by atoms with Crippen molar-refractivity contribution in [2.45, 2.75) is 19.4 Å². The lowest BCUT2D eigenvalue weighted by Gasteiger charge is -2.40. The molecule has 0 bridgehead atoms. The van der Waals surface area contributed by atoms with Crippen molar-refractivity contribution in [1.82, 2.24) is 19.5 Å². The molecule has 8 nitrogen and oxygen atoms in total. The van der Waals surface area contributed by atoms with Crippen LogP contribution in [0, 0.1) is 17.1 Å². The SMILES string of the molecule is CC[C@@H]1C(=O)N(C)c2cnc(-n3ccnc3-c3ccc(F)cc3)nc2N1c1cccc(C#N)c1. The summed E-state index contributed by atoms with van der Waals surface area (Å²) in [6, 6.07) is 14.8. The Bertz CT molecular complexity index is 1420. The highest BCUT2D eigenvalue weighted by molar-refractivity contribution is 6.06. The van der Waals surface area contributed by atoms with Crippen LogP contribution in [-0.4, -0.2) is 38.5 Å². The Hall–Kier alpha value is -4.58. The van der Waals surface area contributed by atoms with Crippen LogP contribution < -0.4 is 9.80 Å². The van der Waals surface area contributed by atoms with E-state index < -0.39 is 6.04 Å². The van der Waals surface area contributed by atoms with Gasteiger partial charge >= 0.3 is 0 Å². The zero-order chi connectivity index (χ0) is 23.8. The number of nitrogens with zero attached hydrogens (tertiary/aromatic N) is 7. The van der Waals surface area contributed by atoms with Gasteiger partial charge in [-0.15, -0.1) is 0 Å². The zero-order valence-corrected chi connectivity index (χ0v) is 18.6. The van der Waals surface area contributed by atoms with Gasteiger partial charge in [0.1, 0.15) is 23.4 Å². The molecule has 0 fully saturated rings. The van der Waals surface area contributed by atoms with Crippen molar-refractivity contribution in [3.63, 3.8) is 0 Å². The second-order valence-corrected chi connectivity index (χ2v) is 7.86. The minimum Gasteiger partial charge on any atom is -0.312 e. The van der Waals surface area contributed by atoms with Crippen molar-refractivity contribution in [2.75, 3.05) is 16.8 Å². The summed E-state index contributed by atoms with van der Waals surface area (Å²) in [5.74, 6) is 1.05. The molecule has 0 aliphatic carbocycles. The highest BCUT2D eigenvalue weighted by Crippen LogP contribution is 2.40. The number of carbonyl (C=O) groups is 1. The fraction of sp³-hybridized carbons (Fsp3) is 0.160. The Morgan fingerprint density at radius 2 is 1.94 bits per heavy atom. The summed E-state index contributed by atoms with van der Waals surface area (Å²) in [6.45, 7) is 1.94. The monoisotopic (exact) mass is 453 g/mol. The van der Waals surface area contributed by atoms with E-state index in [2.05, 4.69) is 16.0 Å². The Kier molecular flexibility index (Phi) is 5.26. The number of imidazole rings is 1. The minimum absolute atomic E-state index is 0.0802. The van der Waals surface area contributed by atoms with Crippen LogP contribution in [0.4, 0.5) is 21.6 Å². The number of anilines is 3. The van der Waals surface area contributed by atoms with Crippen molar-refractivity contribution in [3.8, 4) is 23.4 Å². The van der Waals surface area contributed by atoms with Crippen LogP contribution in [0.25, 0.3) is 17.3 Å². The van der Waals surface area contributed by atoms with Gasteiger partial charge in [-0.05, 0) is 48.9 Å². The smallest absolute Gasteiger partial charge is 0.250 e. The van der Waals surface area contributed by atoms with Crippen molar-refractivity contribution < 1.29 is 9.18 Å². The lowest BCUT2D eigenvalue weighted by molar-refractivity contribution is -0.119. The van der Waals surface area contributed by atoms with E-state index in [1.165, 1.54) is 12.1 Å². The van der Waals surface area contributed by atoms with Gasteiger partial charge in [0.25, 0.3) is 0 Å². The number of carbonyl (C=O) groups excluding carboxylic acids is 1. The van der Waals surface area contributed by atoms with Gasteiger partial charge < -0.3 is 9.80 Å². The molecule has 1 atom stereocenters. The van der Waals surface area contributed by atoms with Gasteiger partial charge in [-0.1, -0.05) is 13.0 Å². The first kappa shape index (κ1) is 21.3. The second-order valence-electron chi connectivity index (χ2n) is 7.86. The third kappa shape index (κ3) is 3.46. The number of hydrogen-bond acceptors (Lipinski definition) is 6. The quantitative estimate of drug-likeness (QED) is 0.459. The van der Waals surface area contributed by atoms with E-state index in [9.17, 15) is 14.4 Å². The predicted octanol–water partition coefficient (Wildman–Crippen LogP) is 4.23. The molecule has 5 rings (SSSR count). The third-order valence-corrected chi connectivity index (χ3v) is 5.85. The van der Waals surface area contributed by atoms with Gasteiger partial charge in [-0.3, -0.25) is 9.36 Å². The van der Waals surface area contributed by atoms with Crippen LogP contribution in [0.1, 0.15) is 18.9 Å². The minimum atomic E-state index is -0.492. The van der Waals surface area contributed by atoms with Crippen LogP contribution >= 0.6 is 0 Å². The Balaban J connectivity index is 1.68. The van der Waals surface area contributed by atoms with E-state index in [4.69, 9.17) is 4.98 Å². The molecule has 0 spiro atoms. The maximum atomic E-state index is 13.4. The van der Waals surface area contributed by atoms with Gasteiger partial charge in [-0.2, -0.15) is 10.2 Å². The summed E-state index contributed by atoms with van der Waals surface area (Å²) in [6.07, 6.45) is 5.51. The summed E-state index contributed by atoms with van der Waals surface area (Å²) < 4.78 is 15.1. The van der Waals surface area contributed by atoms with E-state index in [-0.39, 0.29) is 11.7 Å². The molecule has 9 heteroatoms. The molecule has 0 unspecified atom stereocenters. The summed E-state index contributed by atoms with van der Waals surface area (Å²) >= 11 is 0. The highest BCUT2D eigenvalue weighted by Gasteiger charge is 2.38. The topological polar surface area (TPSA) is 90.9 Å². The predicted molar refractivity (Wildman–Crippen MR) is 125 cm³/mol. The first-order valence-corrected chi connectivity index (χ1v) is 10.8. The Morgan fingerprint density at radius 1 is 1.15 bits per heavy atom. The molecule has 4 aromatic rings. The van der Waals surface area contributed by atoms with Gasteiger partial charge in [0.2, 0.25) is 11.9 Å². The van der Waals surface area contributed by atoms with Crippen LogP contribution in [0.5, 0.6) is 0 Å². The summed E-state index contributed by atoms with van der Waals surface area (Å²) in [5, 5.41) is 9.39. The first-order chi connectivity index (χ1) is 16.5. The molecule has 1 aliphatic rings. The molecule has 1 aliphatic heterocycles. The van der Waals surface area contributed by atoms with E-state index in [1.54, 1.807) is 65.4 Å². The molecule has 2 aromatic heterocycles. The number of benzene rings is 2. The molecule has 1 amide bonds. The van der Waals surface area contributed by atoms with Gasteiger partial charge in [0, 0.05) is 30.7 Å². The van der Waals surface area contributed by atoms with Crippen LogP contribution in [0.3, 0.4) is 0 Å². The van der Waals surface area contributed by atoms with Crippen molar-refractivity contribution >= 4 is 23.1 Å². The van der Waals surface area contributed by atoms with Gasteiger partial charge in [0.15, 0.2) is 5.82 Å². The molecule has 0 radical (unpaired) electrons. The molecule has 0 saturated heterocycles. The first-order valence-electron chi connectivity index (χ1n) is 10.8. The number of rotatable bonds is 4. The van der Waals surface area contributed by atoms with Crippen LogP contribution in [0.2, 0.25) is 0 Å². The largest absolute Gasteiger partial charge is 0.312 e. The fourth-order valence-electron chi connectivity index (χ4n) is 4.15. The van der Waals surface area contributed by atoms with E-state index in [0.29, 0.717) is 46.5 Å². The third-order valence-electron chi connectivity index (χ3n) is 5.85. The van der Waals surface area contributed by atoms with Crippen LogP contribution in [0.15, 0.2) is 67.1 Å². The molecule has 2 aromatic carbocycles. The number of likely N-dealkylation sites (N-methyl/N-ethyl adjacent to an activating group) is 1. The molecule has 168 valence electrons. The average Bonchev–Trinajstić information content (AvgIpc) is 3.36. The van der Waals surface area contributed by atoms with Crippen molar-refractivity contribution in [1.29, 1.82) is 5.26 Å². The lowest BCUT2D eigenvalue weighted by atomic mass is 10.1. The number of nitriles is 1. The molecule has 34 heavy (non-hydrogen) atoms. The summed E-state index contributed by atoms with van der Waals surface area (Å²) in [7, 11) is 1.71. The second kappa shape index (κ2) is 8.41. The van der Waals surface area contributed by atoms with Gasteiger partial charge in [0.05, 0.1) is 17.8 Å². The molecular formula is C25H20FN7O. The average molecular weight is 453 g/mol. The maximum absolute atomic E-state index is 13.4. The fourth-order valence-corrected chi connectivity index (χ4v) is 4.15. The van der Waals surface area contributed by atoms with E-state index in [1.807, 2.05) is 17.9 Å². The standard InChI is InChI=1S/C25H20FN7O/c1-3-20-24(34)31(2)21-15-29-25(30-23(21)33(20)19-6-4-5-16(13-19)14-27)32-12-11-28-22(32)17-7-9-18(26)10-8-17/h4-13,15,20H,3H2,1-2H3/t20-/m1/s1. The Labute approximate surface area is 195 Å². The molecular weight excluding hydrogens is 433 g/mol. The highest BCUT2D eigenvalue weighted by atomic mass is 19.1. The summed E-state index contributed by atoms with van der Waals surface area (Å²) in [4.78, 5) is 30.3. The zero-order valence-electron chi connectivity index (χ0n) is 18.6. The van der Waals surface area contributed by atoms with Crippen molar-refractivity contribution in [2.24, 2.45) is 0 Å². The maximum Gasteiger partial charge on any atom is 0.250 e. The van der Waals surface area contributed by atoms with Gasteiger partial charge in [-0.25, -0.2) is 14.4 Å². The number of fused-ring (bicyclic) bond motifs is 1. The number of aromatic nitrogens is 4. The number of halogens is 1. The molecule has 3 heterocycles.